The fraction of sp³-hybridized carbons (Fsp3) is 0.0435. The molecule has 2 aromatic heterocycles. The first kappa shape index (κ1) is 22.3. The Labute approximate surface area is 205 Å². The number of anilines is 1. The maximum atomic E-state index is 13.3. The Bertz CT molecular complexity index is 1690. The summed E-state index contributed by atoms with van der Waals surface area (Å²) >= 11 is 13.3. The number of para-hydroxylation sites is 1. The molecule has 0 saturated carbocycles. The summed E-state index contributed by atoms with van der Waals surface area (Å²) in [5.74, 6) is -0.307. The topological polar surface area (TPSA) is 113 Å². The fourth-order valence-corrected chi connectivity index (χ4v) is 4.60. The zero-order chi connectivity index (χ0) is 23.8. The van der Waals surface area contributed by atoms with Gasteiger partial charge in [-0.05, 0) is 48.5 Å². The molecule has 0 aliphatic rings. The summed E-state index contributed by atoms with van der Waals surface area (Å²) in [4.78, 5) is 47.3. The molecule has 0 unspecified atom stereocenters. The smallest absolute Gasteiger partial charge is 0.323 e. The average Bonchev–Trinajstić information content (AvgIpc) is 3.19. The Hall–Kier alpha value is -3.53. The molecule has 5 rings (SSSR count). The number of aromatic nitrogens is 4. The van der Waals surface area contributed by atoms with E-state index in [-0.39, 0.29) is 22.9 Å². The number of fused-ring (bicyclic) bond motifs is 2. The summed E-state index contributed by atoms with van der Waals surface area (Å²) in [6, 6.07) is 16.9. The first-order valence-corrected chi connectivity index (χ1v) is 11.7. The van der Waals surface area contributed by atoms with Crippen molar-refractivity contribution in [1.82, 2.24) is 19.5 Å². The van der Waals surface area contributed by atoms with Gasteiger partial charge in [-0.2, -0.15) is 0 Å². The minimum atomic E-state index is -0.323. The molecule has 2 heterocycles. The van der Waals surface area contributed by atoms with Crippen LogP contribution in [0.25, 0.3) is 27.6 Å². The van der Waals surface area contributed by atoms with Gasteiger partial charge in [-0.3, -0.25) is 14.2 Å². The predicted molar refractivity (Wildman–Crippen MR) is 136 cm³/mol. The van der Waals surface area contributed by atoms with Crippen LogP contribution >= 0.6 is 35.0 Å². The van der Waals surface area contributed by atoms with Crippen LogP contribution in [-0.2, 0) is 4.79 Å². The highest BCUT2D eigenvalue weighted by molar-refractivity contribution is 7.99. The molecule has 5 aromatic rings. The fourth-order valence-electron chi connectivity index (χ4n) is 3.50. The number of halogens is 2. The van der Waals surface area contributed by atoms with Crippen LogP contribution in [0.15, 0.2) is 75.4 Å². The highest BCUT2D eigenvalue weighted by atomic mass is 35.5. The second-order valence-corrected chi connectivity index (χ2v) is 9.08. The predicted octanol–water partition coefficient (Wildman–Crippen LogP) is 4.59. The van der Waals surface area contributed by atoms with Crippen LogP contribution in [0.4, 0.5) is 5.69 Å². The highest BCUT2D eigenvalue weighted by Gasteiger charge is 2.16. The van der Waals surface area contributed by atoms with Gasteiger partial charge in [-0.15, -0.1) is 0 Å². The normalized spacial score (nSPS) is 11.2. The van der Waals surface area contributed by atoms with Crippen molar-refractivity contribution in [2.75, 3.05) is 11.1 Å². The standard InChI is InChI=1S/C23H15Cl2N5O3S/c24-15-7-6-13(10-16(15)25)30-21(32)14-3-1-2-4-17(14)29-23(30)34-11-20(31)26-12-5-8-18-19(9-12)28-22(33)27-18/h1-10H,11H2,(H,26,31)(H2,27,28,33). The van der Waals surface area contributed by atoms with Crippen molar-refractivity contribution in [1.29, 1.82) is 0 Å². The molecule has 0 fully saturated rings. The van der Waals surface area contributed by atoms with E-state index in [0.717, 1.165) is 11.8 Å². The van der Waals surface area contributed by atoms with Gasteiger partial charge in [0.05, 0.1) is 43.4 Å². The lowest BCUT2D eigenvalue weighted by atomic mass is 10.2. The largest absolute Gasteiger partial charge is 0.325 e. The minimum Gasteiger partial charge on any atom is -0.325 e. The number of nitrogens with zero attached hydrogens (tertiary/aromatic N) is 2. The maximum Gasteiger partial charge on any atom is 0.323 e. The number of benzene rings is 3. The molecule has 0 atom stereocenters. The third-order valence-corrected chi connectivity index (χ3v) is 6.72. The number of hydrogen-bond donors (Lipinski definition) is 3. The summed E-state index contributed by atoms with van der Waals surface area (Å²) in [5.41, 5.74) is 2.16. The molecule has 0 bridgehead atoms. The molecular formula is C23H15Cl2N5O3S. The number of aromatic amines is 2. The van der Waals surface area contributed by atoms with Crippen LogP contribution in [0.5, 0.6) is 0 Å². The SMILES string of the molecule is O=C(CSc1nc2ccccc2c(=O)n1-c1ccc(Cl)c(Cl)c1)Nc1ccc2[nH]c(=O)[nH]c2c1. The molecule has 34 heavy (non-hydrogen) atoms. The Morgan fingerprint density at radius 3 is 2.59 bits per heavy atom. The third kappa shape index (κ3) is 4.33. The summed E-state index contributed by atoms with van der Waals surface area (Å²) in [7, 11) is 0. The van der Waals surface area contributed by atoms with Crippen LogP contribution in [0.3, 0.4) is 0 Å². The van der Waals surface area contributed by atoms with E-state index in [1.54, 1.807) is 60.7 Å². The van der Waals surface area contributed by atoms with Crippen molar-refractivity contribution in [3.05, 3.63) is 91.5 Å². The summed E-state index contributed by atoms with van der Waals surface area (Å²) in [6.45, 7) is 0. The van der Waals surface area contributed by atoms with Gasteiger partial charge in [0, 0.05) is 5.69 Å². The molecule has 3 aromatic carbocycles. The molecule has 11 heteroatoms. The quantitative estimate of drug-likeness (QED) is 0.236. The van der Waals surface area contributed by atoms with Crippen molar-refractivity contribution in [3.63, 3.8) is 0 Å². The molecular weight excluding hydrogens is 497 g/mol. The molecule has 3 N–H and O–H groups in total. The van der Waals surface area contributed by atoms with Gasteiger partial charge in [-0.1, -0.05) is 47.1 Å². The van der Waals surface area contributed by atoms with E-state index < -0.39 is 0 Å². The number of hydrogen-bond acceptors (Lipinski definition) is 5. The molecule has 170 valence electrons. The Morgan fingerprint density at radius 2 is 1.76 bits per heavy atom. The molecule has 1 amide bonds. The first-order chi connectivity index (χ1) is 16.4. The number of carbonyl (C=O) groups is 1. The lowest BCUT2D eigenvalue weighted by molar-refractivity contribution is -0.113. The van der Waals surface area contributed by atoms with Crippen molar-refractivity contribution in [2.45, 2.75) is 5.16 Å². The van der Waals surface area contributed by atoms with Crippen LogP contribution in [0.2, 0.25) is 10.0 Å². The molecule has 0 saturated heterocycles. The maximum absolute atomic E-state index is 13.3. The van der Waals surface area contributed by atoms with Gasteiger partial charge in [0.2, 0.25) is 5.91 Å². The molecule has 8 nitrogen and oxygen atoms in total. The van der Waals surface area contributed by atoms with E-state index in [2.05, 4.69) is 20.3 Å². The lowest BCUT2D eigenvalue weighted by Crippen LogP contribution is -2.23. The van der Waals surface area contributed by atoms with E-state index in [0.29, 0.717) is 48.5 Å². The zero-order valence-electron chi connectivity index (χ0n) is 17.3. The number of H-pyrrole nitrogens is 2. The monoisotopic (exact) mass is 511 g/mol. The summed E-state index contributed by atoms with van der Waals surface area (Å²) < 4.78 is 1.42. The van der Waals surface area contributed by atoms with Crippen molar-refractivity contribution in [3.8, 4) is 5.69 Å². The first-order valence-electron chi connectivity index (χ1n) is 10.0. The molecule has 0 aliphatic carbocycles. The van der Waals surface area contributed by atoms with Crippen LogP contribution < -0.4 is 16.6 Å². The second kappa shape index (κ2) is 9.02. The van der Waals surface area contributed by atoms with E-state index in [1.807, 2.05) is 0 Å². The lowest BCUT2D eigenvalue weighted by Gasteiger charge is -2.14. The van der Waals surface area contributed by atoms with Gasteiger partial charge in [0.1, 0.15) is 0 Å². The zero-order valence-corrected chi connectivity index (χ0v) is 19.6. The summed E-state index contributed by atoms with van der Waals surface area (Å²) in [5, 5.41) is 4.23. The number of imidazole rings is 1. The molecule has 0 spiro atoms. The Morgan fingerprint density at radius 1 is 0.971 bits per heavy atom. The van der Waals surface area contributed by atoms with E-state index in [1.165, 1.54) is 4.57 Å². The van der Waals surface area contributed by atoms with Crippen molar-refractivity contribution in [2.24, 2.45) is 0 Å². The van der Waals surface area contributed by atoms with Crippen LogP contribution in [-0.4, -0.2) is 31.2 Å². The highest BCUT2D eigenvalue weighted by Crippen LogP contribution is 2.27. The van der Waals surface area contributed by atoms with Crippen LogP contribution in [0, 0.1) is 0 Å². The number of amides is 1. The molecule has 0 aliphatic heterocycles. The Kier molecular flexibility index (Phi) is 5.91. The van der Waals surface area contributed by atoms with Gasteiger partial charge in [-0.25, -0.2) is 9.78 Å². The number of carbonyl (C=O) groups excluding carboxylic acids is 1. The third-order valence-electron chi connectivity index (χ3n) is 5.04. The van der Waals surface area contributed by atoms with E-state index >= 15 is 0 Å². The van der Waals surface area contributed by atoms with Gasteiger partial charge < -0.3 is 15.3 Å². The van der Waals surface area contributed by atoms with Gasteiger partial charge in [0.15, 0.2) is 5.16 Å². The van der Waals surface area contributed by atoms with Crippen molar-refractivity contribution >= 4 is 68.5 Å². The van der Waals surface area contributed by atoms with Gasteiger partial charge in [0.25, 0.3) is 5.56 Å². The summed E-state index contributed by atoms with van der Waals surface area (Å²) in [6.07, 6.45) is 0. The van der Waals surface area contributed by atoms with E-state index in [4.69, 9.17) is 23.2 Å². The molecule has 0 radical (unpaired) electrons. The average molecular weight is 512 g/mol. The second-order valence-electron chi connectivity index (χ2n) is 7.33. The van der Waals surface area contributed by atoms with E-state index in [9.17, 15) is 14.4 Å². The number of rotatable bonds is 5. The Balaban J connectivity index is 1.46. The number of thioether (sulfide) groups is 1. The van der Waals surface area contributed by atoms with Crippen molar-refractivity contribution < 1.29 is 4.79 Å². The van der Waals surface area contributed by atoms with Crippen LogP contribution in [0.1, 0.15) is 0 Å². The minimum absolute atomic E-state index is 0.00615. The van der Waals surface area contributed by atoms with Gasteiger partial charge >= 0.3 is 5.69 Å². The number of nitrogens with one attached hydrogen (secondary N) is 3.